The number of carbonyl (C=O) groups excluding carboxylic acids is 1. The Kier molecular flexibility index (Phi) is 4.77. The third kappa shape index (κ3) is 3.60. The molecule has 1 atom stereocenters. The van der Waals surface area contributed by atoms with Crippen molar-refractivity contribution in [2.75, 3.05) is 7.11 Å². The summed E-state index contributed by atoms with van der Waals surface area (Å²) in [7, 11) is 1.39. The minimum Gasteiger partial charge on any atom is -0.486 e. The summed E-state index contributed by atoms with van der Waals surface area (Å²) in [4.78, 5) is 11.4. The second-order valence-corrected chi connectivity index (χ2v) is 4.53. The van der Waals surface area contributed by atoms with Crippen molar-refractivity contribution in [3.8, 4) is 5.75 Å². The Morgan fingerprint density at radius 3 is 2.40 bits per heavy atom. The van der Waals surface area contributed by atoms with Gasteiger partial charge in [-0.1, -0.05) is 48.5 Å². The van der Waals surface area contributed by atoms with Crippen molar-refractivity contribution >= 4 is 5.97 Å². The molecule has 20 heavy (non-hydrogen) atoms. The maximum atomic E-state index is 11.4. The van der Waals surface area contributed by atoms with Crippen molar-refractivity contribution in [1.29, 1.82) is 0 Å². The van der Waals surface area contributed by atoms with Gasteiger partial charge in [-0.15, -0.1) is 0 Å². The first-order valence-corrected chi connectivity index (χ1v) is 6.57. The van der Waals surface area contributed by atoms with Gasteiger partial charge in [0.05, 0.1) is 13.5 Å². The van der Waals surface area contributed by atoms with E-state index < -0.39 is 0 Å². The summed E-state index contributed by atoms with van der Waals surface area (Å²) in [5.41, 5.74) is 1.93. The highest BCUT2D eigenvalue weighted by Crippen LogP contribution is 2.25. The maximum Gasteiger partial charge on any atom is 0.310 e. The molecule has 3 heteroatoms. The lowest BCUT2D eigenvalue weighted by Gasteiger charge is -2.17. The lowest BCUT2D eigenvalue weighted by atomic mass is 10.1. The van der Waals surface area contributed by atoms with Crippen LogP contribution in [-0.4, -0.2) is 13.1 Å². The molecule has 0 spiro atoms. The summed E-state index contributed by atoms with van der Waals surface area (Å²) < 4.78 is 10.7. The molecule has 0 aliphatic carbocycles. The van der Waals surface area contributed by atoms with Crippen LogP contribution in [0.3, 0.4) is 0 Å². The average molecular weight is 270 g/mol. The van der Waals surface area contributed by atoms with E-state index in [1.165, 1.54) is 7.11 Å². The smallest absolute Gasteiger partial charge is 0.310 e. The van der Waals surface area contributed by atoms with Gasteiger partial charge in [-0.25, -0.2) is 0 Å². The molecule has 0 bridgehead atoms. The van der Waals surface area contributed by atoms with E-state index in [-0.39, 0.29) is 18.5 Å². The van der Waals surface area contributed by atoms with Crippen molar-refractivity contribution in [2.45, 2.75) is 19.4 Å². The van der Waals surface area contributed by atoms with Gasteiger partial charge in [0.25, 0.3) is 0 Å². The van der Waals surface area contributed by atoms with Crippen LogP contribution in [0, 0.1) is 0 Å². The molecule has 104 valence electrons. The lowest BCUT2D eigenvalue weighted by Crippen LogP contribution is -2.08. The van der Waals surface area contributed by atoms with E-state index in [1.807, 2.05) is 61.5 Å². The minimum absolute atomic E-state index is 0.0741. The predicted octanol–water partition coefficient (Wildman–Crippen LogP) is 3.54. The van der Waals surface area contributed by atoms with Crippen LogP contribution in [0.4, 0.5) is 0 Å². The molecule has 0 saturated heterocycles. The molecule has 0 fully saturated rings. The van der Waals surface area contributed by atoms with Crippen LogP contribution in [0.2, 0.25) is 0 Å². The van der Waals surface area contributed by atoms with E-state index in [2.05, 4.69) is 0 Å². The second kappa shape index (κ2) is 6.75. The number of benzene rings is 2. The third-order valence-corrected chi connectivity index (χ3v) is 3.11. The van der Waals surface area contributed by atoms with E-state index in [1.54, 1.807) is 0 Å². The predicted molar refractivity (Wildman–Crippen MR) is 77.6 cm³/mol. The Morgan fingerprint density at radius 2 is 1.70 bits per heavy atom. The first-order chi connectivity index (χ1) is 9.70. The van der Waals surface area contributed by atoms with Crippen LogP contribution in [0.5, 0.6) is 5.75 Å². The largest absolute Gasteiger partial charge is 0.486 e. The van der Waals surface area contributed by atoms with E-state index >= 15 is 0 Å². The SMILES string of the molecule is COC(=O)Cc1ccccc1OC(C)c1ccccc1. The zero-order chi connectivity index (χ0) is 14.4. The van der Waals surface area contributed by atoms with Crippen LogP contribution in [0.1, 0.15) is 24.2 Å². The number of hydrogen-bond donors (Lipinski definition) is 0. The third-order valence-electron chi connectivity index (χ3n) is 3.11. The first-order valence-electron chi connectivity index (χ1n) is 6.57. The number of rotatable bonds is 5. The van der Waals surface area contributed by atoms with Crippen molar-refractivity contribution in [1.82, 2.24) is 0 Å². The van der Waals surface area contributed by atoms with Gasteiger partial charge in [-0.05, 0) is 18.6 Å². The van der Waals surface area contributed by atoms with Gasteiger partial charge < -0.3 is 9.47 Å². The van der Waals surface area contributed by atoms with Gasteiger partial charge >= 0.3 is 5.97 Å². The Morgan fingerprint density at radius 1 is 1.05 bits per heavy atom. The molecule has 0 aromatic heterocycles. The van der Waals surface area contributed by atoms with E-state index in [0.717, 1.165) is 11.1 Å². The first kappa shape index (κ1) is 14.1. The summed E-state index contributed by atoms with van der Waals surface area (Å²) in [5, 5.41) is 0. The molecule has 0 amide bonds. The van der Waals surface area contributed by atoms with Crippen molar-refractivity contribution in [3.05, 3.63) is 65.7 Å². The van der Waals surface area contributed by atoms with Gasteiger partial charge in [0.1, 0.15) is 11.9 Å². The molecular formula is C17H18O3. The molecule has 0 heterocycles. The van der Waals surface area contributed by atoms with Gasteiger partial charge in [-0.3, -0.25) is 4.79 Å². The Labute approximate surface area is 119 Å². The molecule has 1 unspecified atom stereocenters. The quantitative estimate of drug-likeness (QED) is 0.779. The van der Waals surface area contributed by atoms with Crippen molar-refractivity contribution in [2.24, 2.45) is 0 Å². The summed E-state index contributed by atoms with van der Waals surface area (Å²) in [6, 6.07) is 17.5. The maximum absolute atomic E-state index is 11.4. The topological polar surface area (TPSA) is 35.5 Å². The van der Waals surface area contributed by atoms with Crippen molar-refractivity contribution in [3.63, 3.8) is 0 Å². The fourth-order valence-electron chi connectivity index (χ4n) is 1.98. The normalized spacial score (nSPS) is 11.7. The zero-order valence-electron chi connectivity index (χ0n) is 11.7. The standard InChI is InChI=1S/C17H18O3/c1-13(14-8-4-3-5-9-14)20-16-11-7-6-10-15(16)12-17(18)19-2/h3-11,13H,12H2,1-2H3. The Bertz CT molecular complexity index is 563. The van der Waals surface area contributed by atoms with E-state index in [0.29, 0.717) is 5.75 Å². The van der Waals surface area contributed by atoms with E-state index in [4.69, 9.17) is 9.47 Å². The second-order valence-electron chi connectivity index (χ2n) is 4.53. The van der Waals surface area contributed by atoms with E-state index in [9.17, 15) is 4.79 Å². The Hall–Kier alpha value is -2.29. The molecule has 0 saturated carbocycles. The average Bonchev–Trinajstić information content (AvgIpc) is 2.50. The molecule has 0 radical (unpaired) electrons. The number of para-hydroxylation sites is 1. The van der Waals surface area contributed by atoms with Gasteiger partial charge in [-0.2, -0.15) is 0 Å². The lowest BCUT2D eigenvalue weighted by molar-refractivity contribution is -0.139. The highest BCUT2D eigenvalue weighted by atomic mass is 16.5. The summed E-state index contributed by atoms with van der Waals surface area (Å²) in [5.74, 6) is 0.447. The molecule has 0 N–H and O–H groups in total. The van der Waals surface area contributed by atoms with Crippen LogP contribution in [-0.2, 0) is 16.0 Å². The fraction of sp³-hybridized carbons (Fsp3) is 0.235. The summed E-state index contributed by atoms with van der Waals surface area (Å²) >= 11 is 0. The molecular weight excluding hydrogens is 252 g/mol. The van der Waals surface area contributed by atoms with Gasteiger partial charge in [0.15, 0.2) is 0 Å². The Balaban J connectivity index is 2.15. The van der Waals surface area contributed by atoms with Gasteiger partial charge in [0.2, 0.25) is 0 Å². The monoisotopic (exact) mass is 270 g/mol. The fourth-order valence-corrected chi connectivity index (χ4v) is 1.98. The highest BCUT2D eigenvalue weighted by molar-refractivity contribution is 5.73. The van der Waals surface area contributed by atoms with Crippen LogP contribution in [0.15, 0.2) is 54.6 Å². The molecule has 2 rings (SSSR count). The number of esters is 1. The highest BCUT2D eigenvalue weighted by Gasteiger charge is 2.12. The summed E-state index contributed by atoms with van der Waals surface area (Å²) in [6.07, 6.45) is 0.142. The molecule has 2 aromatic carbocycles. The number of ether oxygens (including phenoxy) is 2. The van der Waals surface area contributed by atoms with Crippen LogP contribution < -0.4 is 4.74 Å². The molecule has 3 nitrogen and oxygen atoms in total. The van der Waals surface area contributed by atoms with Crippen LogP contribution >= 0.6 is 0 Å². The molecule has 2 aromatic rings. The minimum atomic E-state index is -0.270. The van der Waals surface area contributed by atoms with Gasteiger partial charge in [0, 0.05) is 5.56 Å². The molecule has 0 aliphatic heterocycles. The molecule has 0 aliphatic rings. The number of hydrogen-bond acceptors (Lipinski definition) is 3. The summed E-state index contributed by atoms with van der Waals surface area (Å²) in [6.45, 7) is 1.99. The zero-order valence-corrected chi connectivity index (χ0v) is 11.7. The van der Waals surface area contributed by atoms with Crippen LogP contribution in [0.25, 0.3) is 0 Å². The van der Waals surface area contributed by atoms with Crippen molar-refractivity contribution < 1.29 is 14.3 Å². The number of methoxy groups -OCH3 is 1. The number of carbonyl (C=O) groups is 1.